The van der Waals surface area contributed by atoms with Gasteiger partial charge in [0.2, 0.25) is 0 Å². The largest absolute Gasteiger partial charge is 0.369 e. The van der Waals surface area contributed by atoms with Crippen molar-refractivity contribution in [3.63, 3.8) is 0 Å². The summed E-state index contributed by atoms with van der Waals surface area (Å²) in [6.45, 7) is 5.70. The van der Waals surface area contributed by atoms with Crippen molar-refractivity contribution >= 4 is 11.7 Å². The van der Waals surface area contributed by atoms with E-state index in [1.54, 1.807) is 0 Å². The fourth-order valence-corrected chi connectivity index (χ4v) is 8.47. The molecule has 0 aromatic heterocycles. The summed E-state index contributed by atoms with van der Waals surface area (Å²) >= 11 is 0. The molecule has 0 saturated heterocycles. The van der Waals surface area contributed by atoms with Crippen molar-refractivity contribution in [2.24, 2.45) is 45.5 Å². The molecule has 2 unspecified atom stereocenters. The Labute approximate surface area is 189 Å². The molecule has 4 aliphatic carbocycles. The first-order chi connectivity index (χ1) is 15.2. The molecule has 2 aliphatic heterocycles. The van der Waals surface area contributed by atoms with E-state index in [9.17, 15) is 0 Å². The Morgan fingerprint density at radius 2 is 1.65 bits per heavy atom. The van der Waals surface area contributed by atoms with E-state index in [1.807, 2.05) is 0 Å². The van der Waals surface area contributed by atoms with Crippen molar-refractivity contribution in [3.05, 3.63) is 0 Å². The van der Waals surface area contributed by atoms with E-state index < -0.39 is 0 Å². The second-order valence-corrected chi connectivity index (χ2v) is 12.2. The molecule has 2 heterocycles. The molecular weight excluding hydrogens is 380 g/mol. The maximum Gasteiger partial charge on any atom is 0.0996 e. The average Bonchev–Trinajstić information content (AvgIpc) is 3.57. The zero-order valence-electron chi connectivity index (χ0n) is 19.8. The van der Waals surface area contributed by atoms with Gasteiger partial charge in [0, 0.05) is 32.0 Å². The highest BCUT2D eigenvalue weighted by atomic mass is 15.2. The number of nitrogens with one attached hydrogen (secondary N) is 1. The number of hydrogen-bond donors (Lipinski definition) is 1. The standard InChI is InChI=1S/C27H44N4/c1-18-17-31(27(29-18)15-24-13-20-6-8-22(24)11-20)9-3-2-4-25-16-28-26(30-25)14-23-12-19-5-7-21(23)10-19/h18-25H,2-17H2,1H3,(H,28,30)/t18-,19-,20-,21+,22+,23?,24?,25-/m0/s1. The topological polar surface area (TPSA) is 40.0 Å². The highest BCUT2D eigenvalue weighted by Gasteiger charge is 2.41. The third-order valence-corrected chi connectivity index (χ3v) is 9.99. The number of rotatable bonds is 9. The highest BCUT2D eigenvalue weighted by Crippen LogP contribution is 2.50. The molecule has 4 heteroatoms. The lowest BCUT2D eigenvalue weighted by atomic mass is 9.86. The molecule has 6 rings (SSSR count). The molecule has 4 nitrogen and oxygen atoms in total. The minimum atomic E-state index is 0.506. The third-order valence-electron chi connectivity index (χ3n) is 9.99. The molecule has 172 valence electrons. The molecule has 1 N–H and O–H groups in total. The van der Waals surface area contributed by atoms with E-state index in [-0.39, 0.29) is 0 Å². The van der Waals surface area contributed by atoms with Crippen molar-refractivity contribution in [1.29, 1.82) is 0 Å². The molecule has 0 aromatic carbocycles. The van der Waals surface area contributed by atoms with Crippen LogP contribution < -0.4 is 5.32 Å². The normalized spacial score (nSPS) is 43.1. The summed E-state index contributed by atoms with van der Waals surface area (Å²) in [4.78, 5) is 12.6. The van der Waals surface area contributed by atoms with Gasteiger partial charge in [0.1, 0.15) is 0 Å². The van der Waals surface area contributed by atoms with Gasteiger partial charge in [-0.15, -0.1) is 0 Å². The predicted octanol–water partition coefficient (Wildman–Crippen LogP) is 5.28. The van der Waals surface area contributed by atoms with E-state index in [0.717, 1.165) is 48.6 Å². The fraction of sp³-hybridized carbons (Fsp3) is 0.926. The van der Waals surface area contributed by atoms with Gasteiger partial charge < -0.3 is 10.2 Å². The van der Waals surface area contributed by atoms with Gasteiger partial charge in [-0.3, -0.25) is 9.98 Å². The van der Waals surface area contributed by atoms with Crippen LogP contribution in [-0.4, -0.2) is 48.3 Å². The third kappa shape index (κ3) is 4.42. The second kappa shape index (κ2) is 8.71. The molecule has 4 bridgehead atoms. The lowest BCUT2D eigenvalue weighted by molar-refractivity contribution is 0.327. The van der Waals surface area contributed by atoms with Crippen LogP contribution in [0.1, 0.15) is 90.4 Å². The number of fused-ring (bicyclic) bond motifs is 4. The summed E-state index contributed by atoms with van der Waals surface area (Å²) in [6.07, 6.45) is 18.5. The first kappa shape index (κ1) is 20.5. The monoisotopic (exact) mass is 424 g/mol. The summed E-state index contributed by atoms with van der Waals surface area (Å²) in [6, 6.07) is 1.11. The maximum absolute atomic E-state index is 5.06. The van der Waals surface area contributed by atoms with Gasteiger partial charge in [-0.1, -0.05) is 12.8 Å². The molecule has 0 amide bonds. The van der Waals surface area contributed by atoms with Crippen LogP contribution in [0.4, 0.5) is 0 Å². The van der Waals surface area contributed by atoms with Crippen molar-refractivity contribution in [2.45, 2.75) is 102 Å². The quantitative estimate of drug-likeness (QED) is 0.511. The van der Waals surface area contributed by atoms with E-state index in [1.165, 1.54) is 102 Å². The SMILES string of the molecule is C[C@H]1CN(CCCC[C@H]2CN=C(CC3C[C@H]4CC[C@@H]3C4)N2)C(CC2C[C@H]3CC[C@@H]2C3)=N1. The Kier molecular flexibility index (Phi) is 5.77. The van der Waals surface area contributed by atoms with Crippen molar-refractivity contribution in [2.75, 3.05) is 19.6 Å². The number of unbranched alkanes of at least 4 members (excludes halogenated alkanes) is 1. The van der Waals surface area contributed by atoms with Crippen LogP contribution in [0.3, 0.4) is 0 Å². The summed E-state index contributed by atoms with van der Waals surface area (Å²) in [7, 11) is 0. The molecule has 4 saturated carbocycles. The molecule has 8 atom stereocenters. The summed E-state index contributed by atoms with van der Waals surface area (Å²) < 4.78 is 0. The fourth-order valence-electron chi connectivity index (χ4n) is 8.47. The zero-order valence-corrected chi connectivity index (χ0v) is 19.8. The van der Waals surface area contributed by atoms with Crippen molar-refractivity contribution in [1.82, 2.24) is 10.2 Å². The Balaban J connectivity index is 0.898. The van der Waals surface area contributed by atoms with Crippen LogP contribution in [0.2, 0.25) is 0 Å². The van der Waals surface area contributed by atoms with Gasteiger partial charge in [-0.05, 0) is 100 Å². The summed E-state index contributed by atoms with van der Waals surface area (Å²) in [5.41, 5.74) is 0. The smallest absolute Gasteiger partial charge is 0.0996 e. The second-order valence-electron chi connectivity index (χ2n) is 12.2. The Bertz CT molecular complexity index is 714. The van der Waals surface area contributed by atoms with Gasteiger partial charge in [0.05, 0.1) is 24.3 Å². The van der Waals surface area contributed by atoms with Crippen LogP contribution >= 0.6 is 0 Å². The minimum absolute atomic E-state index is 0.506. The number of aliphatic imine (C=N–C) groups is 2. The molecule has 4 fully saturated rings. The first-order valence-corrected chi connectivity index (χ1v) is 13.8. The van der Waals surface area contributed by atoms with Crippen LogP contribution in [0, 0.1) is 35.5 Å². The molecule has 0 spiro atoms. The van der Waals surface area contributed by atoms with Crippen LogP contribution in [-0.2, 0) is 0 Å². The maximum atomic E-state index is 5.06. The van der Waals surface area contributed by atoms with E-state index in [0.29, 0.717) is 12.1 Å². The van der Waals surface area contributed by atoms with Gasteiger partial charge in [-0.2, -0.15) is 0 Å². The van der Waals surface area contributed by atoms with Crippen molar-refractivity contribution in [3.8, 4) is 0 Å². The average molecular weight is 425 g/mol. The molecule has 0 aromatic rings. The van der Waals surface area contributed by atoms with Crippen LogP contribution in [0.25, 0.3) is 0 Å². The highest BCUT2D eigenvalue weighted by molar-refractivity contribution is 5.85. The van der Waals surface area contributed by atoms with Gasteiger partial charge in [0.25, 0.3) is 0 Å². The van der Waals surface area contributed by atoms with E-state index in [2.05, 4.69) is 17.1 Å². The van der Waals surface area contributed by atoms with Gasteiger partial charge in [-0.25, -0.2) is 0 Å². The summed E-state index contributed by atoms with van der Waals surface area (Å²) in [5, 5.41) is 3.80. The van der Waals surface area contributed by atoms with Crippen LogP contribution in [0.15, 0.2) is 9.98 Å². The first-order valence-electron chi connectivity index (χ1n) is 13.8. The Hall–Kier alpha value is -1.06. The molecule has 31 heavy (non-hydrogen) atoms. The van der Waals surface area contributed by atoms with Gasteiger partial charge >= 0.3 is 0 Å². The zero-order chi connectivity index (χ0) is 20.8. The van der Waals surface area contributed by atoms with E-state index >= 15 is 0 Å². The lowest BCUT2D eigenvalue weighted by Crippen LogP contribution is -2.33. The van der Waals surface area contributed by atoms with Crippen molar-refractivity contribution < 1.29 is 0 Å². The number of hydrogen-bond acceptors (Lipinski definition) is 4. The van der Waals surface area contributed by atoms with Gasteiger partial charge in [0.15, 0.2) is 0 Å². The lowest BCUT2D eigenvalue weighted by Gasteiger charge is -2.26. The van der Waals surface area contributed by atoms with E-state index in [4.69, 9.17) is 9.98 Å². The minimum Gasteiger partial charge on any atom is -0.369 e. The number of amidine groups is 2. The Morgan fingerprint density at radius 3 is 2.32 bits per heavy atom. The molecule has 0 radical (unpaired) electrons. The molecule has 6 aliphatic rings. The predicted molar refractivity (Wildman–Crippen MR) is 129 cm³/mol. The summed E-state index contributed by atoms with van der Waals surface area (Å²) in [5.74, 6) is 8.83. The number of nitrogens with zero attached hydrogens (tertiary/aromatic N) is 3. The Morgan fingerprint density at radius 1 is 0.903 bits per heavy atom. The molecular formula is C27H44N4. The van der Waals surface area contributed by atoms with Crippen LogP contribution in [0.5, 0.6) is 0 Å².